The zero-order chi connectivity index (χ0) is 10.4. The van der Waals surface area contributed by atoms with Gasteiger partial charge in [0, 0.05) is 39.3 Å². The minimum Gasteiger partial charge on any atom is -0.361 e. The van der Waals surface area contributed by atoms with E-state index < -0.39 is 0 Å². The van der Waals surface area contributed by atoms with Crippen LogP contribution in [-0.4, -0.2) is 68.3 Å². The van der Waals surface area contributed by atoms with Gasteiger partial charge in [0.1, 0.15) is 0 Å². The lowest BCUT2D eigenvalue weighted by Gasteiger charge is -2.30. The van der Waals surface area contributed by atoms with Gasteiger partial charge in [-0.05, 0) is 26.3 Å². The van der Waals surface area contributed by atoms with Gasteiger partial charge < -0.3 is 20.4 Å². The first-order chi connectivity index (χ1) is 6.70. The Morgan fingerprint density at radius 3 is 2.64 bits per heavy atom. The van der Waals surface area contributed by atoms with Crippen LogP contribution in [0.1, 0.15) is 0 Å². The predicted octanol–water partition coefficient (Wildman–Crippen LogP) is -0.672. The van der Waals surface area contributed by atoms with Gasteiger partial charge in [0.25, 0.3) is 0 Å². The van der Waals surface area contributed by atoms with Crippen LogP contribution in [0.3, 0.4) is 0 Å². The molecule has 14 heavy (non-hydrogen) atoms. The second kappa shape index (κ2) is 6.16. The highest BCUT2D eigenvalue weighted by atomic mass is 32.1. The summed E-state index contributed by atoms with van der Waals surface area (Å²) in [5, 5.41) is 7.47. The van der Waals surface area contributed by atoms with Crippen LogP contribution in [0.15, 0.2) is 0 Å². The summed E-state index contributed by atoms with van der Waals surface area (Å²) in [5.74, 6) is 0. The molecule has 0 amide bonds. The maximum Gasteiger partial charge on any atom is 0.169 e. The molecule has 2 N–H and O–H groups in total. The normalized spacial score (nSPS) is 17.2. The first kappa shape index (κ1) is 11.7. The number of piperazine rings is 1. The van der Waals surface area contributed by atoms with Crippen LogP contribution in [0, 0.1) is 0 Å². The third kappa shape index (κ3) is 4.21. The molecule has 0 bridgehead atoms. The van der Waals surface area contributed by atoms with Crippen molar-refractivity contribution < 1.29 is 0 Å². The van der Waals surface area contributed by atoms with E-state index in [1.54, 1.807) is 0 Å². The number of nitrogens with zero attached hydrogens (tertiary/aromatic N) is 2. The van der Waals surface area contributed by atoms with E-state index in [2.05, 4.69) is 34.5 Å². The fraction of sp³-hybridized carbons (Fsp3) is 0.889. The molecule has 0 aromatic carbocycles. The molecule has 0 aromatic heterocycles. The Labute approximate surface area is 91.6 Å². The molecular weight excluding hydrogens is 196 g/mol. The maximum atomic E-state index is 5.29. The SMILES string of the molecule is CN(C)CCNC(=S)N1CCNCC1. The summed E-state index contributed by atoms with van der Waals surface area (Å²) in [7, 11) is 4.13. The molecule has 0 unspecified atom stereocenters. The van der Waals surface area contributed by atoms with E-state index in [4.69, 9.17) is 12.2 Å². The standard InChI is InChI=1S/C9H20N4S/c1-12(2)6-5-11-9(14)13-7-3-10-4-8-13/h10H,3-8H2,1-2H3,(H,11,14). The monoisotopic (exact) mass is 216 g/mol. The number of hydrogen-bond donors (Lipinski definition) is 2. The average Bonchev–Trinajstić information content (AvgIpc) is 2.18. The lowest BCUT2D eigenvalue weighted by molar-refractivity contribution is 0.348. The number of rotatable bonds is 3. The van der Waals surface area contributed by atoms with Crippen LogP contribution >= 0.6 is 12.2 Å². The molecular formula is C9H20N4S. The van der Waals surface area contributed by atoms with Gasteiger partial charge in [-0.3, -0.25) is 0 Å². The van der Waals surface area contributed by atoms with E-state index in [9.17, 15) is 0 Å². The summed E-state index contributed by atoms with van der Waals surface area (Å²) in [6, 6.07) is 0. The van der Waals surface area contributed by atoms with E-state index in [1.165, 1.54) is 0 Å². The van der Waals surface area contributed by atoms with E-state index in [-0.39, 0.29) is 0 Å². The Kier molecular flexibility index (Phi) is 5.14. The van der Waals surface area contributed by atoms with E-state index in [1.807, 2.05) is 0 Å². The van der Waals surface area contributed by atoms with Gasteiger partial charge in [0.15, 0.2) is 5.11 Å². The third-order valence-corrected chi connectivity index (χ3v) is 2.64. The fourth-order valence-electron chi connectivity index (χ4n) is 1.37. The lowest BCUT2D eigenvalue weighted by Crippen LogP contribution is -2.50. The van der Waals surface area contributed by atoms with Crippen LogP contribution in [0.25, 0.3) is 0 Å². The molecule has 1 heterocycles. The smallest absolute Gasteiger partial charge is 0.169 e. The zero-order valence-corrected chi connectivity index (χ0v) is 9.86. The Bertz CT molecular complexity index is 178. The molecule has 1 rings (SSSR count). The minimum atomic E-state index is 0.897. The van der Waals surface area contributed by atoms with Gasteiger partial charge in [0.05, 0.1) is 0 Å². The Balaban J connectivity index is 2.13. The highest BCUT2D eigenvalue weighted by molar-refractivity contribution is 7.80. The van der Waals surface area contributed by atoms with Crippen molar-refractivity contribution in [2.45, 2.75) is 0 Å². The van der Waals surface area contributed by atoms with Gasteiger partial charge in [-0.2, -0.15) is 0 Å². The van der Waals surface area contributed by atoms with Gasteiger partial charge in [-0.25, -0.2) is 0 Å². The van der Waals surface area contributed by atoms with Crippen molar-refractivity contribution in [2.75, 3.05) is 53.4 Å². The molecule has 0 aliphatic carbocycles. The van der Waals surface area contributed by atoms with Gasteiger partial charge in [0.2, 0.25) is 0 Å². The van der Waals surface area contributed by atoms with Crippen molar-refractivity contribution in [1.29, 1.82) is 0 Å². The first-order valence-corrected chi connectivity index (χ1v) is 5.49. The Hall–Kier alpha value is -0.390. The van der Waals surface area contributed by atoms with E-state index >= 15 is 0 Å². The summed E-state index contributed by atoms with van der Waals surface area (Å²) in [6.45, 7) is 6.06. The number of likely N-dealkylation sites (N-methyl/N-ethyl adjacent to an activating group) is 1. The van der Waals surface area contributed by atoms with Crippen molar-refractivity contribution in [3.05, 3.63) is 0 Å². The molecule has 1 fully saturated rings. The Morgan fingerprint density at radius 1 is 1.43 bits per heavy atom. The van der Waals surface area contributed by atoms with Crippen molar-refractivity contribution in [3.8, 4) is 0 Å². The highest BCUT2D eigenvalue weighted by Gasteiger charge is 2.11. The van der Waals surface area contributed by atoms with Crippen molar-refractivity contribution in [1.82, 2.24) is 20.4 Å². The van der Waals surface area contributed by atoms with Crippen molar-refractivity contribution >= 4 is 17.3 Å². The molecule has 4 nitrogen and oxygen atoms in total. The summed E-state index contributed by atoms with van der Waals surface area (Å²) >= 11 is 5.29. The second-order valence-corrected chi connectivity index (χ2v) is 4.16. The van der Waals surface area contributed by atoms with Gasteiger partial charge in [-0.15, -0.1) is 0 Å². The van der Waals surface area contributed by atoms with Crippen LogP contribution in [0.5, 0.6) is 0 Å². The molecule has 0 atom stereocenters. The molecule has 1 aliphatic heterocycles. The van der Waals surface area contributed by atoms with Gasteiger partial charge in [-0.1, -0.05) is 0 Å². The number of nitrogens with one attached hydrogen (secondary N) is 2. The lowest BCUT2D eigenvalue weighted by atomic mass is 10.4. The molecule has 82 valence electrons. The number of hydrogen-bond acceptors (Lipinski definition) is 3. The van der Waals surface area contributed by atoms with Crippen molar-refractivity contribution in [3.63, 3.8) is 0 Å². The summed E-state index contributed by atoms with van der Waals surface area (Å²) in [4.78, 5) is 4.37. The second-order valence-electron chi connectivity index (χ2n) is 3.77. The molecule has 5 heteroatoms. The predicted molar refractivity (Wildman–Crippen MR) is 63.6 cm³/mol. The van der Waals surface area contributed by atoms with Gasteiger partial charge >= 0.3 is 0 Å². The molecule has 0 saturated carbocycles. The Morgan fingerprint density at radius 2 is 2.07 bits per heavy atom. The highest BCUT2D eigenvalue weighted by Crippen LogP contribution is 1.92. The van der Waals surface area contributed by atoms with E-state index in [0.29, 0.717) is 0 Å². The molecule has 1 saturated heterocycles. The summed E-state index contributed by atoms with van der Waals surface area (Å²) in [6.07, 6.45) is 0. The number of thiocarbonyl (C=S) groups is 1. The molecule has 1 aliphatic rings. The summed E-state index contributed by atoms with van der Waals surface area (Å²) < 4.78 is 0. The molecule has 0 radical (unpaired) electrons. The first-order valence-electron chi connectivity index (χ1n) is 5.08. The fourth-order valence-corrected chi connectivity index (χ4v) is 1.65. The minimum absolute atomic E-state index is 0.897. The van der Waals surface area contributed by atoms with Crippen LogP contribution in [0.2, 0.25) is 0 Å². The van der Waals surface area contributed by atoms with Crippen molar-refractivity contribution in [2.24, 2.45) is 0 Å². The zero-order valence-electron chi connectivity index (χ0n) is 9.05. The third-order valence-electron chi connectivity index (χ3n) is 2.24. The summed E-state index contributed by atoms with van der Waals surface area (Å²) in [5.41, 5.74) is 0. The van der Waals surface area contributed by atoms with Crippen LogP contribution in [-0.2, 0) is 0 Å². The largest absolute Gasteiger partial charge is 0.361 e. The average molecular weight is 216 g/mol. The van der Waals surface area contributed by atoms with Crippen LogP contribution < -0.4 is 10.6 Å². The maximum absolute atomic E-state index is 5.29. The van der Waals surface area contributed by atoms with E-state index in [0.717, 1.165) is 44.4 Å². The quantitative estimate of drug-likeness (QED) is 0.611. The topological polar surface area (TPSA) is 30.5 Å². The van der Waals surface area contributed by atoms with Crippen LogP contribution in [0.4, 0.5) is 0 Å². The molecule has 0 aromatic rings. The molecule has 0 spiro atoms.